The number of carboxylic acid groups (broad SMARTS) is 1. The number of Topliss-reactive ketones (excluding diaryl/α,β-unsaturated/α-hetero) is 1. The molecule has 0 aromatic carbocycles. The molecule has 3 fully saturated rings. The second kappa shape index (κ2) is 16.3. The van der Waals surface area contributed by atoms with Crippen molar-refractivity contribution >= 4 is 33.6 Å². The normalized spacial score (nSPS) is 30.3. The molecule has 45 heavy (non-hydrogen) atoms. The Labute approximate surface area is 269 Å². The molecule has 5 atom stereocenters. The van der Waals surface area contributed by atoms with Gasteiger partial charge in [-0.15, -0.1) is 6.58 Å². The number of allylic oxidation sites excluding steroid dienone is 3. The topological polar surface area (TPSA) is 147 Å². The first kappa shape index (κ1) is 36.9. The maximum absolute atomic E-state index is 13.7. The molecule has 2 aliphatic heterocycles. The summed E-state index contributed by atoms with van der Waals surface area (Å²) in [6.07, 6.45) is 17.6. The summed E-state index contributed by atoms with van der Waals surface area (Å²) in [7, 11) is -2.21. The van der Waals surface area contributed by atoms with Crippen LogP contribution in [-0.4, -0.2) is 72.5 Å². The van der Waals surface area contributed by atoms with Crippen LogP contribution < -0.4 is 4.72 Å². The number of ketones is 1. The van der Waals surface area contributed by atoms with E-state index in [1.54, 1.807) is 18.9 Å². The molecule has 2 N–H and O–H groups in total. The summed E-state index contributed by atoms with van der Waals surface area (Å²) < 4.78 is 32.5. The monoisotopic (exact) mass is 650 g/mol. The molecule has 0 aromatic rings. The smallest absolute Gasteiger partial charge is 0.303 e. The number of carbonyl (C=O) groups is 4. The number of ether oxygens (including phenoxy) is 1. The van der Waals surface area contributed by atoms with Gasteiger partial charge in [-0.1, -0.05) is 50.8 Å². The number of nitrogens with zero attached hydrogens (tertiary/aromatic N) is 1. The van der Waals surface area contributed by atoms with Crippen LogP contribution in [0.4, 0.5) is 0 Å². The fraction of sp³-hybridized carbons (Fsp3) is 0.765. The summed E-state index contributed by atoms with van der Waals surface area (Å²) in [4.78, 5) is 51.8. The Balaban J connectivity index is 0.000000430. The molecule has 0 radical (unpaired) electrons. The molecule has 10 nitrogen and oxygen atoms in total. The summed E-state index contributed by atoms with van der Waals surface area (Å²) in [6, 6.07) is -0.657. The first-order valence-electron chi connectivity index (χ1n) is 16.7. The van der Waals surface area contributed by atoms with Gasteiger partial charge in [-0.3, -0.25) is 23.9 Å². The van der Waals surface area contributed by atoms with Gasteiger partial charge in [0.2, 0.25) is 21.8 Å². The average Bonchev–Trinajstić information content (AvgIpc) is 3.87. The zero-order valence-electron chi connectivity index (χ0n) is 27.4. The van der Waals surface area contributed by atoms with Gasteiger partial charge in [-0.25, -0.2) is 8.42 Å². The van der Waals surface area contributed by atoms with Gasteiger partial charge in [0.1, 0.15) is 0 Å². The van der Waals surface area contributed by atoms with Gasteiger partial charge >= 0.3 is 5.97 Å². The number of rotatable bonds is 11. The maximum Gasteiger partial charge on any atom is 0.303 e. The first-order chi connectivity index (χ1) is 21.3. The van der Waals surface area contributed by atoms with Gasteiger partial charge in [0.05, 0.1) is 22.3 Å². The third-order valence-electron chi connectivity index (χ3n) is 10.1. The summed E-state index contributed by atoms with van der Waals surface area (Å²) in [5.41, 5.74) is -1.08. The quantitative estimate of drug-likeness (QED) is 0.226. The van der Waals surface area contributed by atoms with E-state index in [2.05, 4.69) is 17.4 Å². The molecule has 2 saturated carbocycles. The number of nitrogens with one attached hydrogen (secondary N) is 1. The van der Waals surface area contributed by atoms with E-state index in [4.69, 9.17) is 9.84 Å². The number of amides is 2. The molecule has 0 aromatic heterocycles. The minimum Gasteiger partial charge on any atom is -0.481 e. The van der Waals surface area contributed by atoms with E-state index >= 15 is 0 Å². The van der Waals surface area contributed by atoms with Crippen molar-refractivity contribution in [2.75, 3.05) is 13.7 Å². The maximum atomic E-state index is 13.7. The summed E-state index contributed by atoms with van der Waals surface area (Å²) in [5.74, 6) is -1.88. The van der Waals surface area contributed by atoms with Crippen LogP contribution in [0.25, 0.3) is 0 Å². The molecule has 2 aliphatic carbocycles. The van der Waals surface area contributed by atoms with Gasteiger partial charge in [-0.05, 0) is 70.6 Å². The van der Waals surface area contributed by atoms with Crippen molar-refractivity contribution < 1.29 is 37.4 Å². The number of hydrogen-bond donors (Lipinski definition) is 2. The lowest BCUT2D eigenvalue weighted by atomic mass is 9.87. The van der Waals surface area contributed by atoms with Crippen molar-refractivity contribution in [3.63, 3.8) is 0 Å². The SMILES string of the molecule is C=CCCCCCCC(=O)O.CO[C@H]1CN2C(=O)CCCCCC/C=C\[C@@H]3C[C@@]3(C(=O)NS(=O)(=O)C3(C)CC3)CC(=O)[C@@H]2C1C. The Morgan fingerprint density at radius 2 is 1.82 bits per heavy atom. The number of sulfonamides is 1. The number of unbranched alkanes of at least 4 members (excludes halogenated alkanes) is 4. The van der Waals surface area contributed by atoms with Crippen LogP contribution in [0.3, 0.4) is 0 Å². The highest BCUT2D eigenvalue weighted by Crippen LogP contribution is 2.57. The van der Waals surface area contributed by atoms with Gasteiger partial charge in [0, 0.05) is 38.8 Å². The van der Waals surface area contributed by atoms with Crippen LogP contribution in [0, 0.1) is 17.3 Å². The van der Waals surface area contributed by atoms with Crippen LogP contribution in [0.15, 0.2) is 24.8 Å². The van der Waals surface area contributed by atoms with Gasteiger partial charge < -0.3 is 14.7 Å². The highest BCUT2D eigenvalue weighted by Gasteiger charge is 2.63. The molecule has 0 bridgehead atoms. The third-order valence-corrected chi connectivity index (χ3v) is 12.2. The van der Waals surface area contributed by atoms with Crippen molar-refractivity contribution in [2.45, 2.75) is 133 Å². The predicted octanol–water partition coefficient (Wildman–Crippen LogP) is 5.32. The van der Waals surface area contributed by atoms with E-state index in [9.17, 15) is 27.6 Å². The molecule has 2 amide bonds. The number of hydrogen-bond acceptors (Lipinski definition) is 7. The van der Waals surface area contributed by atoms with E-state index < -0.39 is 38.1 Å². The zero-order valence-corrected chi connectivity index (χ0v) is 28.2. The zero-order chi connectivity index (χ0) is 33.3. The highest BCUT2D eigenvalue weighted by molar-refractivity contribution is 7.91. The summed E-state index contributed by atoms with van der Waals surface area (Å²) >= 11 is 0. The van der Waals surface area contributed by atoms with Crippen LogP contribution >= 0.6 is 0 Å². The lowest BCUT2D eigenvalue weighted by molar-refractivity contribution is -0.140. The lowest BCUT2D eigenvalue weighted by Gasteiger charge is -2.27. The average molecular weight is 651 g/mol. The van der Waals surface area contributed by atoms with Crippen LogP contribution in [0.1, 0.15) is 117 Å². The van der Waals surface area contributed by atoms with Crippen molar-refractivity contribution in [1.82, 2.24) is 9.62 Å². The molecular weight excluding hydrogens is 596 g/mol. The molecule has 1 saturated heterocycles. The Bertz CT molecular complexity index is 1210. The Morgan fingerprint density at radius 1 is 1.13 bits per heavy atom. The van der Waals surface area contributed by atoms with Crippen molar-refractivity contribution in [1.29, 1.82) is 0 Å². The number of methoxy groups -OCH3 is 1. The molecule has 254 valence electrons. The van der Waals surface area contributed by atoms with Crippen LogP contribution in [0.5, 0.6) is 0 Å². The van der Waals surface area contributed by atoms with E-state index in [1.807, 2.05) is 19.1 Å². The van der Waals surface area contributed by atoms with E-state index in [0.29, 0.717) is 38.6 Å². The lowest BCUT2D eigenvalue weighted by Crippen LogP contribution is -2.47. The Morgan fingerprint density at radius 3 is 2.47 bits per heavy atom. The number of carboxylic acids is 1. The van der Waals surface area contributed by atoms with Gasteiger partial charge in [0.15, 0.2) is 5.78 Å². The third kappa shape index (κ3) is 9.73. The Kier molecular flexibility index (Phi) is 13.4. The molecule has 4 aliphatic rings. The highest BCUT2D eigenvalue weighted by atomic mass is 32.2. The summed E-state index contributed by atoms with van der Waals surface area (Å²) in [5, 5.41) is 8.30. The molecule has 11 heteroatoms. The van der Waals surface area contributed by atoms with Crippen molar-refractivity contribution in [2.24, 2.45) is 17.3 Å². The van der Waals surface area contributed by atoms with Gasteiger partial charge in [-0.2, -0.15) is 0 Å². The van der Waals surface area contributed by atoms with Gasteiger partial charge in [0.25, 0.3) is 0 Å². The molecule has 4 rings (SSSR count). The molecule has 1 unspecified atom stereocenters. The number of aliphatic carboxylic acids is 1. The molecule has 0 spiro atoms. The fourth-order valence-corrected chi connectivity index (χ4v) is 7.86. The Hall–Kier alpha value is -2.53. The minimum absolute atomic E-state index is 0.0483. The van der Waals surface area contributed by atoms with Crippen LogP contribution in [0.2, 0.25) is 0 Å². The number of carbonyl (C=O) groups excluding carboxylic acids is 3. The van der Waals surface area contributed by atoms with Crippen LogP contribution in [-0.2, 0) is 33.9 Å². The minimum atomic E-state index is -3.80. The second-order valence-corrected chi connectivity index (χ2v) is 15.8. The van der Waals surface area contributed by atoms with Crippen molar-refractivity contribution in [3.8, 4) is 0 Å². The first-order valence-corrected chi connectivity index (χ1v) is 18.2. The number of fused-ring (bicyclic) bond motifs is 2. The van der Waals surface area contributed by atoms with E-state index in [0.717, 1.165) is 64.2 Å². The van der Waals surface area contributed by atoms with Crippen molar-refractivity contribution in [3.05, 3.63) is 24.8 Å². The molecule has 2 heterocycles. The fourth-order valence-electron chi connectivity index (χ4n) is 6.53. The van der Waals surface area contributed by atoms with E-state index in [-0.39, 0.29) is 36.1 Å². The summed E-state index contributed by atoms with van der Waals surface area (Å²) in [6.45, 7) is 7.53. The standard InChI is InChI=1S/C25H38N2O6S.C9H16O2/c1-17-20(33-3)16-27-21(29)11-9-7-5-4-6-8-10-18-14-25(18,15-19(28)22(17)27)23(30)26-34(31,32)24(2)12-13-24;1-2-3-4-5-6-7-8-9(10)11/h8,10,17-18,20,22H,4-7,9,11-16H2,1-3H3,(H,26,30);2H,1,3-8H2,(H,10,11)/b10-8-;/t17?,18-,20+,22+,25-;/m1./s1. The van der Waals surface area contributed by atoms with E-state index in [1.165, 1.54) is 0 Å². The molecular formula is C34H54N2O8S. The largest absolute Gasteiger partial charge is 0.481 e. The second-order valence-electron chi connectivity index (χ2n) is 13.6. The predicted molar refractivity (Wildman–Crippen MR) is 173 cm³/mol.